The molecule has 0 bridgehead atoms. The molecule has 0 saturated heterocycles. The van der Waals surface area contributed by atoms with Crippen LogP contribution >= 0.6 is 0 Å². The van der Waals surface area contributed by atoms with Gasteiger partial charge in [-0.05, 0) is 20.3 Å². The average molecular weight is 247 g/mol. The highest BCUT2D eigenvalue weighted by Crippen LogP contribution is 2.16. The van der Waals surface area contributed by atoms with Gasteiger partial charge in [0.1, 0.15) is 5.69 Å². The summed E-state index contributed by atoms with van der Waals surface area (Å²) in [5.41, 5.74) is 2.78. The van der Waals surface area contributed by atoms with Gasteiger partial charge in [0.05, 0.1) is 17.5 Å². The minimum absolute atomic E-state index is 0.0587. The SMILES string of the molecule is CCCn1nncc1C(=O)c1c(C)nn(C)c1C. The van der Waals surface area contributed by atoms with Gasteiger partial charge in [-0.15, -0.1) is 5.10 Å². The molecule has 0 aliphatic rings. The number of hydrogen-bond donors (Lipinski definition) is 0. The number of hydrogen-bond acceptors (Lipinski definition) is 4. The maximum Gasteiger partial charge on any atom is 0.216 e. The van der Waals surface area contributed by atoms with Crippen LogP contribution in [0.15, 0.2) is 6.20 Å². The lowest BCUT2D eigenvalue weighted by Crippen LogP contribution is -2.13. The van der Waals surface area contributed by atoms with Crippen molar-refractivity contribution < 1.29 is 4.79 Å². The van der Waals surface area contributed by atoms with Crippen molar-refractivity contribution in [3.05, 3.63) is 28.8 Å². The first-order chi connectivity index (χ1) is 8.56. The Bertz CT molecular complexity index is 581. The zero-order chi connectivity index (χ0) is 13.3. The van der Waals surface area contributed by atoms with E-state index in [1.165, 1.54) is 6.20 Å². The van der Waals surface area contributed by atoms with E-state index in [4.69, 9.17) is 0 Å². The van der Waals surface area contributed by atoms with Crippen LogP contribution in [0.25, 0.3) is 0 Å². The van der Waals surface area contributed by atoms with Crippen LogP contribution in [0.1, 0.15) is 40.8 Å². The number of ketones is 1. The Balaban J connectivity index is 2.45. The van der Waals surface area contributed by atoms with Gasteiger partial charge in [0.25, 0.3) is 0 Å². The van der Waals surface area contributed by atoms with Crippen LogP contribution in [-0.4, -0.2) is 30.6 Å². The van der Waals surface area contributed by atoms with Gasteiger partial charge in [-0.25, -0.2) is 4.68 Å². The number of rotatable bonds is 4. The standard InChI is InChI=1S/C12H17N5O/c1-5-6-17-10(7-13-15-17)12(18)11-8(2)14-16(4)9(11)3/h7H,5-6H2,1-4H3. The van der Waals surface area contributed by atoms with Crippen molar-refractivity contribution in [2.45, 2.75) is 33.7 Å². The van der Waals surface area contributed by atoms with Crippen LogP contribution < -0.4 is 0 Å². The third kappa shape index (κ3) is 1.94. The van der Waals surface area contributed by atoms with Crippen molar-refractivity contribution in [2.75, 3.05) is 0 Å². The van der Waals surface area contributed by atoms with Crippen LogP contribution in [0.4, 0.5) is 0 Å². The van der Waals surface area contributed by atoms with E-state index in [9.17, 15) is 4.79 Å². The summed E-state index contributed by atoms with van der Waals surface area (Å²) in [6, 6.07) is 0. The molecule has 0 saturated carbocycles. The molecular formula is C12H17N5O. The van der Waals surface area contributed by atoms with Gasteiger partial charge in [-0.2, -0.15) is 5.10 Å². The Morgan fingerprint density at radius 1 is 1.39 bits per heavy atom. The lowest BCUT2D eigenvalue weighted by molar-refractivity contribution is 0.102. The van der Waals surface area contributed by atoms with E-state index in [-0.39, 0.29) is 5.78 Å². The van der Waals surface area contributed by atoms with Crippen molar-refractivity contribution in [3.63, 3.8) is 0 Å². The fourth-order valence-electron chi connectivity index (χ4n) is 2.04. The van der Waals surface area contributed by atoms with E-state index < -0.39 is 0 Å². The first kappa shape index (κ1) is 12.5. The van der Waals surface area contributed by atoms with Gasteiger partial charge in [0.15, 0.2) is 0 Å². The molecule has 0 fully saturated rings. The Kier molecular flexibility index (Phi) is 3.27. The van der Waals surface area contributed by atoms with E-state index in [1.54, 1.807) is 9.36 Å². The van der Waals surface area contributed by atoms with E-state index in [0.29, 0.717) is 17.8 Å². The number of aryl methyl sites for hydroxylation is 3. The van der Waals surface area contributed by atoms with Crippen molar-refractivity contribution in [2.24, 2.45) is 7.05 Å². The van der Waals surface area contributed by atoms with E-state index >= 15 is 0 Å². The Hall–Kier alpha value is -1.98. The summed E-state index contributed by atoms with van der Waals surface area (Å²) < 4.78 is 3.37. The van der Waals surface area contributed by atoms with Gasteiger partial charge >= 0.3 is 0 Å². The normalized spacial score (nSPS) is 10.9. The summed E-state index contributed by atoms with van der Waals surface area (Å²) in [7, 11) is 1.83. The molecule has 0 spiro atoms. The predicted octanol–water partition coefficient (Wildman–Crippen LogP) is 1.27. The zero-order valence-electron chi connectivity index (χ0n) is 11.1. The zero-order valence-corrected chi connectivity index (χ0v) is 11.1. The summed E-state index contributed by atoms with van der Waals surface area (Å²) in [6.07, 6.45) is 2.43. The third-order valence-electron chi connectivity index (χ3n) is 3.02. The quantitative estimate of drug-likeness (QED) is 0.763. The van der Waals surface area contributed by atoms with E-state index in [2.05, 4.69) is 15.4 Å². The summed E-state index contributed by atoms with van der Waals surface area (Å²) in [4.78, 5) is 12.5. The average Bonchev–Trinajstić information content (AvgIpc) is 2.86. The molecular weight excluding hydrogens is 230 g/mol. The highest BCUT2D eigenvalue weighted by molar-refractivity contribution is 6.09. The molecule has 2 aromatic heterocycles. The Morgan fingerprint density at radius 3 is 2.67 bits per heavy atom. The molecule has 0 aromatic carbocycles. The first-order valence-electron chi connectivity index (χ1n) is 5.99. The number of carbonyl (C=O) groups is 1. The van der Waals surface area contributed by atoms with Crippen molar-refractivity contribution in [1.29, 1.82) is 0 Å². The molecule has 0 unspecified atom stereocenters. The molecule has 0 radical (unpaired) electrons. The topological polar surface area (TPSA) is 65.6 Å². The van der Waals surface area contributed by atoms with E-state index in [1.807, 2.05) is 27.8 Å². The monoisotopic (exact) mass is 247 g/mol. The van der Waals surface area contributed by atoms with Gasteiger partial charge in [0.2, 0.25) is 5.78 Å². The van der Waals surface area contributed by atoms with Crippen LogP contribution in [0.3, 0.4) is 0 Å². The molecule has 2 heterocycles. The lowest BCUT2D eigenvalue weighted by Gasteiger charge is -2.04. The molecule has 6 nitrogen and oxygen atoms in total. The molecule has 0 N–H and O–H groups in total. The highest BCUT2D eigenvalue weighted by Gasteiger charge is 2.22. The Morgan fingerprint density at radius 2 is 2.11 bits per heavy atom. The molecule has 18 heavy (non-hydrogen) atoms. The number of aromatic nitrogens is 5. The van der Waals surface area contributed by atoms with Crippen LogP contribution in [0, 0.1) is 13.8 Å². The third-order valence-corrected chi connectivity index (χ3v) is 3.02. The van der Waals surface area contributed by atoms with Crippen molar-refractivity contribution in [1.82, 2.24) is 24.8 Å². The molecule has 0 aliphatic carbocycles. The van der Waals surface area contributed by atoms with Crippen molar-refractivity contribution >= 4 is 5.78 Å². The van der Waals surface area contributed by atoms with Crippen LogP contribution in [0.2, 0.25) is 0 Å². The first-order valence-corrected chi connectivity index (χ1v) is 5.99. The Labute approximate surface area is 106 Å². The molecule has 2 aromatic rings. The van der Waals surface area contributed by atoms with Gasteiger partial charge in [-0.3, -0.25) is 9.48 Å². The molecule has 96 valence electrons. The minimum Gasteiger partial charge on any atom is -0.287 e. The summed E-state index contributed by atoms with van der Waals surface area (Å²) in [5.74, 6) is -0.0587. The maximum atomic E-state index is 12.5. The second-order valence-corrected chi connectivity index (χ2v) is 4.34. The smallest absolute Gasteiger partial charge is 0.216 e. The summed E-state index contributed by atoms with van der Waals surface area (Å²) >= 11 is 0. The largest absolute Gasteiger partial charge is 0.287 e. The summed E-state index contributed by atoms with van der Waals surface area (Å²) in [5, 5.41) is 12.0. The predicted molar refractivity (Wildman–Crippen MR) is 66.4 cm³/mol. The van der Waals surface area contributed by atoms with Gasteiger partial charge < -0.3 is 0 Å². The van der Waals surface area contributed by atoms with Crippen LogP contribution in [-0.2, 0) is 13.6 Å². The number of carbonyl (C=O) groups excluding carboxylic acids is 1. The lowest BCUT2D eigenvalue weighted by atomic mass is 10.1. The molecule has 0 aliphatic heterocycles. The second kappa shape index (κ2) is 4.72. The maximum absolute atomic E-state index is 12.5. The molecule has 0 atom stereocenters. The fraction of sp³-hybridized carbons (Fsp3) is 0.500. The van der Waals surface area contributed by atoms with Crippen molar-refractivity contribution in [3.8, 4) is 0 Å². The van der Waals surface area contributed by atoms with Crippen LogP contribution in [0.5, 0.6) is 0 Å². The van der Waals surface area contributed by atoms with Gasteiger partial charge in [0, 0.05) is 19.3 Å². The van der Waals surface area contributed by atoms with E-state index in [0.717, 1.165) is 17.8 Å². The second-order valence-electron chi connectivity index (χ2n) is 4.34. The minimum atomic E-state index is -0.0587. The molecule has 2 rings (SSSR count). The molecule has 6 heteroatoms. The fourth-order valence-corrected chi connectivity index (χ4v) is 2.04. The molecule has 0 amide bonds. The summed E-state index contributed by atoms with van der Waals surface area (Å²) in [6.45, 7) is 6.46. The van der Waals surface area contributed by atoms with Gasteiger partial charge in [-0.1, -0.05) is 12.1 Å². The number of nitrogens with zero attached hydrogens (tertiary/aromatic N) is 5. The highest BCUT2D eigenvalue weighted by atomic mass is 16.1.